The van der Waals surface area contributed by atoms with Crippen LogP contribution in [0.25, 0.3) is 0 Å². The first-order valence-electron chi connectivity index (χ1n) is 5.88. The Kier molecular flexibility index (Phi) is 4.03. The Morgan fingerprint density at radius 1 is 1.26 bits per heavy atom. The molecule has 0 bridgehead atoms. The molecular formula is C15H12ClFN2. The van der Waals surface area contributed by atoms with E-state index in [1.807, 2.05) is 17.9 Å². The quantitative estimate of drug-likeness (QED) is 0.823. The van der Waals surface area contributed by atoms with E-state index in [-0.39, 0.29) is 5.82 Å². The predicted octanol–water partition coefficient (Wildman–Crippen LogP) is 4.51. The first-order chi connectivity index (χ1) is 9.15. The second kappa shape index (κ2) is 5.73. The number of rotatable bonds is 3. The molecule has 2 aromatic carbocycles. The fourth-order valence-corrected chi connectivity index (χ4v) is 2.14. The summed E-state index contributed by atoms with van der Waals surface area (Å²) in [5, 5.41) is 9.69. The van der Waals surface area contributed by atoms with E-state index in [4.69, 9.17) is 11.6 Å². The molecule has 2 nitrogen and oxygen atoms in total. The van der Waals surface area contributed by atoms with Gasteiger partial charge in [0, 0.05) is 17.3 Å². The Morgan fingerprint density at radius 3 is 2.68 bits per heavy atom. The van der Waals surface area contributed by atoms with Crippen molar-refractivity contribution in [3.8, 4) is 6.07 Å². The maximum atomic E-state index is 13.3. The van der Waals surface area contributed by atoms with E-state index in [0.29, 0.717) is 22.8 Å². The summed E-state index contributed by atoms with van der Waals surface area (Å²) < 4.78 is 13.3. The van der Waals surface area contributed by atoms with Gasteiger partial charge in [0.2, 0.25) is 0 Å². The summed E-state index contributed by atoms with van der Waals surface area (Å²) in [6.07, 6.45) is 0. The molecule has 4 heteroatoms. The van der Waals surface area contributed by atoms with Crippen LogP contribution in [0, 0.1) is 17.1 Å². The minimum Gasteiger partial charge on any atom is -0.341 e. The third kappa shape index (κ3) is 2.86. The van der Waals surface area contributed by atoms with Crippen LogP contribution in [0.3, 0.4) is 0 Å². The first kappa shape index (κ1) is 13.4. The second-order valence-corrected chi connectivity index (χ2v) is 4.43. The molecule has 0 aliphatic heterocycles. The van der Waals surface area contributed by atoms with Crippen LogP contribution in [0.2, 0.25) is 5.02 Å². The molecule has 0 atom stereocenters. The molecule has 0 aliphatic rings. The molecular weight excluding hydrogens is 263 g/mol. The van der Waals surface area contributed by atoms with Crippen molar-refractivity contribution in [2.45, 2.75) is 6.92 Å². The van der Waals surface area contributed by atoms with Gasteiger partial charge in [-0.15, -0.1) is 0 Å². The normalized spacial score (nSPS) is 10.0. The third-order valence-corrected chi connectivity index (χ3v) is 3.04. The molecule has 0 aliphatic carbocycles. The minimum absolute atomic E-state index is 0.302. The highest BCUT2D eigenvalue weighted by Crippen LogP contribution is 2.30. The number of hydrogen-bond acceptors (Lipinski definition) is 2. The molecule has 0 saturated carbocycles. The second-order valence-electron chi connectivity index (χ2n) is 4.00. The molecule has 0 N–H and O–H groups in total. The molecule has 0 aromatic heterocycles. The molecule has 2 rings (SSSR count). The van der Waals surface area contributed by atoms with Gasteiger partial charge in [0.15, 0.2) is 0 Å². The van der Waals surface area contributed by atoms with Crippen molar-refractivity contribution in [3.63, 3.8) is 0 Å². The van der Waals surface area contributed by atoms with Crippen LogP contribution in [0.5, 0.6) is 0 Å². The van der Waals surface area contributed by atoms with Crippen LogP contribution in [-0.2, 0) is 0 Å². The van der Waals surface area contributed by atoms with Crippen LogP contribution in [0.4, 0.5) is 15.8 Å². The Bertz CT molecular complexity index is 634. The fourth-order valence-electron chi connectivity index (χ4n) is 1.97. The van der Waals surface area contributed by atoms with Gasteiger partial charge in [-0.05, 0) is 43.3 Å². The van der Waals surface area contributed by atoms with E-state index in [9.17, 15) is 9.65 Å². The van der Waals surface area contributed by atoms with Crippen LogP contribution in [0.15, 0.2) is 42.5 Å². The third-order valence-electron chi connectivity index (χ3n) is 2.81. The maximum Gasteiger partial charge on any atom is 0.125 e. The van der Waals surface area contributed by atoms with E-state index in [0.717, 1.165) is 5.69 Å². The monoisotopic (exact) mass is 274 g/mol. The van der Waals surface area contributed by atoms with E-state index in [2.05, 4.69) is 6.07 Å². The van der Waals surface area contributed by atoms with Crippen molar-refractivity contribution in [1.82, 2.24) is 0 Å². The van der Waals surface area contributed by atoms with E-state index >= 15 is 0 Å². The highest BCUT2D eigenvalue weighted by Gasteiger charge is 2.12. The summed E-state index contributed by atoms with van der Waals surface area (Å²) in [5.74, 6) is -0.302. The van der Waals surface area contributed by atoms with Crippen molar-refractivity contribution in [2.24, 2.45) is 0 Å². The Labute approximate surface area is 116 Å². The van der Waals surface area contributed by atoms with Crippen LogP contribution < -0.4 is 4.90 Å². The SMILES string of the molecule is CCN(c1cccc(F)c1)c1ccc(Cl)cc1C#N. The van der Waals surface area contributed by atoms with E-state index in [1.54, 1.807) is 24.3 Å². The van der Waals surface area contributed by atoms with Crippen molar-refractivity contribution < 1.29 is 4.39 Å². The highest BCUT2D eigenvalue weighted by molar-refractivity contribution is 6.30. The molecule has 2 aromatic rings. The summed E-state index contributed by atoms with van der Waals surface area (Å²) in [7, 11) is 0. The predicted molar refractivity (Wildman–Crippen MR) is 75.2 cm³/mol. The molecule has 0 heterocycles. The summed E-state index contributed by atoms with van der Waals surface area (Å²) >= 11 is 5.89. The van der Waals surface area contributed by atoms with Gasteiger partial charge in [0.05, 0.1) is 11.3 Å². The van der Waals surface area contributed by atoms with Crippen molar-refractivity contribution in [1.29, 1.82) is 5.26 Å². The zero-order chi connectivity index (χ0) is 13.8. The van der Waals surface area contributed by atoms with Crippen LogP contribution in [-0.4, -0.2) is 6.54 Å². The first-order valence-corrected chi connectivity index (χ1v) is 6.26. The van der Waals surface area contributed by atoms with Gasteiger partial charge in [-0.25, -0.2) is 4.39 Å². The van der Waals surface area contributed by atoms with E-state index in [1.165, 1.54) is 12.1 Å². The van der Waals surface area contributed by atoms with Crippen LogP contribution >= 0.6 is 11.6 Å². The average Bonchev–Trinajstić information content (AvgIpc) is 2.41. The van der Waals surface area contributed by atoms with Gasteiger partial charge in [0.25, 0.3) is 0 Å². The largest absolute Gasteiger partial charge is 0.341 e. The summed E-state index contributed by atoms with van der Waals surface area (Å²) in [6.45, 7) is 2.57. The lowest BCUT2D eigenvalue weighted by Crippen LogP contribution is -2.17. The van der Waals surface area contributed by atoms with Gasteiger partial charge >= 0.3 is 0 Å². The van der Waals surface area contributed by atoms with Gasteiger partial charge in [0.1, 0.15) is 11.9 Å². The standard InChI is InChI=1S/C15H12ClFN2/c1-2-19(14-5-3-4-13(17)9-14)15-7-6-12(16)8-11(15)10-18/h3-9H,2H2,1H3. The maximum absolute atomic E-state index is 13.3. The fraction of sp³-hybridized carbons (Fsp3) is 0.133. The Hall–Kier alpha value is -2.05. The topological polar surface area (TPSA) is 27.0 Å². The van der Waals surface area contributed by atoms with Gasteiger partial charge in [-0.3, -0.25) is 0 Å². The number of nitriles is 1. The molecule has 0 saturated heterocycles. The van der Waals surface area contributed by atoms with Crippen molar-refractivity contribution >= 4 is 23.0 Å². The van der Waals surface area contributed by atoms with Gasteiger partial charge < -0.3 is 4.90 Å². The molecule has 0 unspecified atom stereocenters. The minimum atomic E-state index is -0.302. The van der Waals surface area contributed by atoms with Crippen molar-refractivity contribution in [2.75, 3.05) is 11.4 Å². The lowest BCUT2D eigenvalue weighted by atomic mass is 10.1. The molecule has 0 fully saturated rings. The lowest BCUT2D eigenvalue weighted by Gasteiger charge is -2.24. The molecule has 0 radical (unpaired) electrons. The number of benzene rings is 2. The Balaban J connectivity index is 2.52. The molecule has 96 valence electrons. The van der Waals surface area contributed by atoms with Gasteiger partial charge in [-0.2, -0.15) is 5.26 Å². The van der Waals surface area contributed by atoms with Crippen molar-refractivity contribution in [3.05, 3.63) is 58.9 Å². The average molecular weight is 275 g/mol. The molecule has 0 amide bonds. The molecule has 19 heavy (non-hydrogen) atoms. The summed E-state index contributed by atoms with van der Waals surface area (Å²) in [6, 6.07) is 13.5. The van der Waals surface area contributed by atoms with Gasteiger partial charge in [-0.1, -0.05) is 17.7 Å². The highest BCUT2D eigenvalue weighted by atomic mass is 35.5. The Morgan fingerprint density at radius 2 is 2.05 bits per heavy atom. The number of anilines is 2. The molecule has 0 spiro atoms. The zero-order valence-corrected chi connectivity index (χ0v) is 11.2. The lowest BCUT2D eigenvalue weighted by molar-refractivity contribution is 0.627. The summed E-state index contributed by atoms with van der Waals surface area (Å²) in [5.41, 5.74) is 1.90. The van der Waals surface area contributed by atoms with E-state index < -0.39 is 0 Å². The number of hydrogen-bond donors (Lipinski definition) is 0. The zero-order valence-electron chi connectivity index (χ0n) is 10.4. The smallest absolute Gasteiger partial charge is 0.125 e. The summed E-state index contributed by atoms with van der Waals surface area (Å²) in [4.78, 5) is 1.87. The number of nitrogens with zero attached hydrogens (tertiary/aromatic N) is 2. The van der Waals surface area contributed by atoms with Crippen LogP contribution in [0.1, 0.15) is 12.5 Å². The number of halogens is 2.